The van der Waals surface area contributed by atoms with Gasteiger partial charge in [-0.1, -0.05) is 0 Å². The van der Waals surface area contributed by atoms with E-state index in [-0.39, 0.29) is 23.5 Å². The van der Waals surface area contributed by atoms with Gasteiger partial charge in [-0.15, -0.1) is 12.4 Å². The van der Waals surface area contributed by atoms with Crippen molar-refractivity contribution in [3.05, 3.63) is 0 Å². The molecule has 0 aromatic carbocycles. The van der Waals surface area contributed by atoms with Crippen LogP contribution < -0.4 is 5.32 Å². The van der Waals surface area contributed by atoms with Gasteiger partial charge in [0.15, 0.2) is 5.05 Å². The van der Waals surface area contributed by atoms with Gasteiger partial charge >= 0.3 is 0 Å². The first kappa shape index (κ1) is 9.14. The summed E-state index contributed by atoms with van der Waals surface area (Å²) in [6.45, 7) is 0.991. The fourth-order valence-electron chi connectivity index (χ4n) is 0.895. The van der Waals surface area contributed by atoms with Crippen molar-refractivity contribution in [3.63, 3.8) is 0 Å². The number of nitrogens with one attached hydrogen (secondary N) is 1. The van der Waals surface area contributed by atoms with Crippen molar-refractivity contribution in [2.75, 3.05) is 6.54 Å². The van der Waals surface area contributed by atoms with E-state index in [0.717, 1.165) is 19.4 Å². The Bertz CT molecular complexity index is 103. The fraction of sp³-hybridized carbons (Fsp3) is 0.800. The van der Waals surface area contributed by atoms with Crippen molar-refractivity contribution >= 4 is 29.7 Å². The monoisotopic (exact) mass is 167 g/mol. The Balaban J connectivity index is 0.000000640. The number of aliphatic hydroxyl groups is 1. The molecule has 0 spiro atoms. The smallest absolute Gasteiger partial charge is 0.174 e. The second kappa shape index (κ2) is 4.04. The molecule has 1 aliphatic heterocycles. The minimum absolute atomic E-state index is 0. The lowest BCUT2D eigenvalue weighted by Crippen LogP contribution is -2.28. The van der Waals surface area contributed by atoms with Gasteiger partial charge in [0.2, 0.25) is 0 Å². The van der Waals surface area contributed by atoms with Crippen LogP contribution in [0.3, 0.4) is 0 Å². The predicted octanol–water partition coefficient (Wildman–Crippen LogP) is 1.05. The zero-order chi connectivity index (χ0) is 5.98. The molecule has 0 amide bonds. The quantitative estimate of drug-likeness (QED) is 0.573. The maximum absolute atomic E-state index is 8.72. The summed E-state index contributed by atoms with van der Waals surface area (Å²) in [7, 11) is 0. The number of rotatable bonds is 1. The Morgan fingerprint density at radius 3 is 2.56 bits per heavy atom. The van der Waals surface area contributed by atoms with E-state index in [4.69, 9.17) is 5.11 Å². The molecule has 0 aliphatic carbocycles. The van der Waals surface area contributed by atoms with Crippen LogP contribution in [0.5, 0.6) is 0 Å². The molecule has 1 rings (SSSR count). The lowest BCUT2D eigenvalue weighted by atomic mass is 10.2. The molecule has 1 heterocycles. The van der Waals surface area contributed by atoms with Crippen molar-refractivity contribution in [2.24, 2.45) is 0 Å². The molecular weight excluding hydrogens is 158 g/mol. The van der Waals surface area contributed by atoms with E-state index in [0.29, 0.717) is 0 Å². The van der Waals surface area contributed by atoms with Crippen molar-refractivity contribution in [1.82, 2.24) is 5.32 Å². The van der Waals surface area contributed by atoms with E-state index in [1.807, 2.05) is 0 Å². The van der Waals surface area contributed by atoms with E-state index >= 15 is 0 Å². The molecule has 0 saturated carbocycles. The maximum atomic E-state index is 8.72. The lowest BCUT2D eigenvalue weighted by Gasteiger charge is -2.03. The second-order valence-corrected chi connectivity index (χ2v) is 2.41. The van der Waals surface area contributed by atoms with E-state index in [2.05, 4.69) is 17.5 Å². The maximum Gasteiger partial charge on any atom is 0.174 e. The molecule has 0 unspecified atom stereocenters. The lowest BCUT2D eigenvalue weighted by molar-refractivity contribution is 0.517. The van der Waals surface area contributed by atoms with Crippen molar-refractivity contribution in [1.29, 1.82) is 0 Å². The Hall–Kier alpha value is 0.140. The topological polar surface area (TPSA) is 32.3 Å². The first-order chi connectivity index (χ1) is 3.80. The Morgan fingerprint density at radius 2 is 2.33 bits per heavy atom. The molecule has 0 radical (unpaired) electrons. The molecule has 2 N–H and O–H groups in total. The molecule has 1 aliphatic rings. The second-order valence-electron chi connectivity index (χ2n) is 1.99. The molecule has 1 atom stereocenters. The standard InChI is InChI=1S/C5H9NOS.ClH/c7-5(8)4-2-1-3-6-4;/h4,6H,1-3H2,(H,7,8);1H/t4-;/m0./s1. The molecule has 9 heavy (non-hydrogen) atoms. The molecule has 0 aromatic heterocycles. The van der Waals surface area contributed by atoms with Crippen LogP contribution in [0.15, 0.2) is 0 Å². The van der Waals surface area contributed by atoms with Gasteiger partial charge in [-0.2, -0.15) is 0 Å². The minimum Gasteiger partial charge on any atom is -0.501 e. The largest absolute Gasteiger partial charge is 0.501 e. The summed E-state index contributed by atoms with van der Waals surface area (Å²) in [5, 5.41) is 11.9. The zero-order valence-corrected chi connectivity index (χ0v) is 6.60. The molecule has 1 fully saturated rings. The molecule has 4 heteroatoms. The first-order valence-electron chi connectivity index (χ1n) is 2.77. The van der Waals surface area contributed by atoms with Gasteiger partial charge < -0.3 is 10.4 Å². The van der Waals surface area contributed by atoms with Crippen LogP contribution in [0.1, 0.15) is 12.8 Å². The van der Waals surface area contributed by atoms with Crippen LogP contribution in [0.4, 0.5) is 0 Å². The Kier molecular flexibility index (Phi) is 4.10. The molecule has 0 aromatic rings. The summed E-state index contributed by atoms with van der Waals surface area (Å²) in [6, 6.07) is 0.102. The van der Waals surface area contributed by atoms with Crippen LogP contribution >= 0.6 is 24.6 Å². The highest BCUT2D eigenvalue weighted by Crippen LogP contribution is 2.04. The first-order valence-corrected chi connectivity index (χ1v) is 3.18. The van der Waals surface area contributed by atoms with Gasteiger partial charge in [0, 0.05) is 0 Å². The summed E-state index contributed by atoms with van der Waals surface area (Å²) < 4.78 is 0. The predicted molar refractivity (Wildman–Crippen MR) is 43.5 cm³/mol. The minimum atomic E-state index is 0. The van der Waals surface area contributed by atoms with Crippen molar-refractivity contribution in [2.45, 2.75) is 18.9 Å². The van der Waals surface area contributed by atoms with Crippen LogP contribution in [0.25, 0.3) is 0 Å². The highest BCUT2D eigenvalue weighted by atomic mass is 35.5. The highest BCUT2D eigenvalue weighted by molar-refractivity contribution is 7.80. The average molecular weight is 168 g/mol. The number of thiocarbonyl (C=S) groups is 1. The van der Waals surface area contributed by atoms with Crippen LogP contribution in [-0.4, -0.2) is 22.7 Å². The van der Waals surface area contributed by atoms with Crippen LogP contribution in [0.2, 0.25) is 0 Å². The third kappa shape index (κ3) is 2.47. The number of aliphatic hydroxyl groups excluding tert-OH is 1. The molecular formula is C5H10ClNOS. The summed E-state index contributed by atoms with van der Waals surface area (Å²) in [5.41, 5.74) is 0. The molecule has 54 valence electrons. The molecule has 2 nitrogen and oxygen atoms in total. The van der Waals surface area contributed by atoms with Gasteiger partial charge in [-0.05, 0) is 31.6 Å². The SMILES string of the molecule is Cl.OC(=S)[C@@H]1CCCN1. The summed E-state index contributed by atoms with van der Waals surface area (Å²) in [5.74, 6) is 0. The summed E-state index contributed by atoms with van der Waals surface area (Å²) in [6.07, 6.45) is 2.13. The molecule has 1 saturated heterocycles. The molecule has 0 bridgehead atoms. The van der Waals surface area contributed by atoms with Gasteiger partial charge in [-0.25, -0.2) is 0 Å². The van der Waals surface area contributed by atoms with E-state index in [1.165, 1.54) is 0 Å². The van der Waals surface area contributed by atoms with Gasteiger partial charge in [0.25, 0.3) is 0 Å². The number of halogens is 1. The normalized spacial score (nSPS) is 25.1. The summed E-state index contributed by atoms with van der Waals surface area (Å²) in [4.78, 5) is 0. The Labute approximate surface area is 66.0 Å². The number of hydrogen-bond acceptors (Lipinski definition) is 2. The Morgan fingerprint density at radius 1 is 1.67 bits per heavy atom. The third-order valence-corrected chi connectivity index (χ3v) is 1.64. The van der Waals surface area contributed by atoms with Crippen LogP contribution in [0, 0.1) is 0 Å². The van der Waals surface area contributed by atoms with Crippen molar-refractivity contribution < 1.29 is 5.11 Å². The zero-order valence-electron chi connectivity index (χ0n) is 4.96. The fourth-order valence-corrected chi connectivity index (χ4v) is 1.10. The highest BCUT2D eigenvalue weighted by Gasteiger charge is 2.16. The number of hydrogen-bond donors (Lipinski definition) is 2. The summed E-state index contributed by atoms with van der Waals surface area (Å²) >= 11 is 4.55. The van der Waals surface area contributed by atoms with Gasteiger partial charge in [0.1, 0.15) is 0 Å². The van der Waals surface area contributed by atoms with E-state index < -0.39 is 0 Å². The van der Waals surface area contributed by atoms with Gasteiger partial charge in [0.05, 0.1) is 6.04 Å². The van der Waals surface area contributed by atoms with E-state index in [1.54, 1.807) is 0 Å². The van der Waals surface area contributed by atoms with Crippen molar-refractivity contribution in [3.8, 4) is 0 Å². The van der Waals surface area contributed by atoms with Crippen LogP contribution in [-0.2, 0) is 0 Å². The average Bonchev–Trinajstić information content (AvgIpc) is 2.12. The van der Waals surface area contributed by atoms with Gasteiger partial charge in [-0.3, -0.25) is 0 Å². The van der Waals surface area contributed by atoms with E-state index in [9.17, 15) is 0 Å². The third-order valence-electron chi connectivity index (χ3n) is 1.36.